The molecule has 8 heteroatoms. The number of rotatable bonds is 6. The summed E-state index contributed by atoms with van der Waals surface area (Å²) in [5.74, 6) is 2.22. The van der Waals surface area contributed by atoms with E-state index in [9.17, 15) is 0 Å². The minimum Gasteiger partial charge on any atom is -0.474 e. The molecule has 0 aromatic carbocycles. The standard InChI is InChI=1S/C22H32N6O.HI/c1-3-23-22(28-11-9-18(16-28)19-14-26-27(2)15-19)25-13-17-8-10-24-21(12-17)29-20-6-4-5-7-20;/h8,10,12,14-15,18,20H,3-7,9,11,13,16H2,1-2H3,(H,23,25);1H. The van der Waals surface area contributed by atoms with E-state index >= 15 is 0 Å². The molecule has 0 radical (unpaired) electrons. The number of pyridine rings is 1. The third kappa shape index (κ3) is 5.86. The van der Waals surface area contributed by atoms with Gasteiger partial charge < -0.3 is 15.0 Å². The quantitative estimate of drug-likeness (QED) is 0.355. The van der Waals surface area contributed by atoms with Crippen LogP contribution in [0.5, 0.6) is 5.88 Å². The first-order valence-electron chi connectivity index (χ1n) is 10.8. The van der Waals surface area contributed by atoms with Gasteiger partial charge in [0.25, 0.3) is 0 Å². The van der Waals surface area contributed by atoms with Crippen molar-refractivity contribution >= 4 is 29.9 Å². The summed E-state index contributed by atoms with van der Waals surface area (Å²) in [4.78, 5) is 11.6. The summed E-state index contributed by atoms with van der Waals surface area (Å²) in [5, 5.41) is 7.78. The van der Waals surface area contributed by atoms with Crippen molar-refractivity contribution in [2.45, 2.75) is 57.6 Å². The summed E-state index contributed by atoms with van der Waals surface area (Å²) < 4.78 is 7.92. The van der Waals surface area contributed by atoms with Crippen molar-refractivity contribution in [2.24, 2.45) is 12.0 Å². The van der Waals surface area contributed by atoms with Gasteiger partial charge in [0, 0.05) is 51.1 Å². The van der Waals surface area contributed by atoms with Crippen LogP contribution in [-0.2, 0) is 13.6 Å². The van der Waals surface area contributed by atoms with Crippen molar-refractivity contribution in [2.75, 3.05) is 19.6 Å². The van der Waals surface area contributed by atoms with Gasteiger partial charge >= 0.3 is 0 Å². The lowest BCUT2D eigenvalue weighted by Crippen LogP contribution is -2.40. The SMILES string of the molecule is CCNC(=NCc1ccnc(OC2CCCC2)c1)N1CCC(c2cnn(C)c2)C1.I. The highest BCUT2D eigenvalue weighted by Gasteiger charge is 2.27. The maximum Gasteiger partial charge on any atom is 0.213 e. The van der Waals surface area contributed by atoms with Gasteiger partial charge in [-0.2, -0.15) is 5.10 Å². The Labute approximate surface area is 196 Å². The second-order valence-electron chi connectivity index (χ2n) is 8.08. The van der Waals surface area contributed by atoms with Crippen LogP contribution in [0.25, 0.3) is 0 Å². The van der Waals surface area contributed by atoms with Gasteiger partial charge in [-0.1, -0.05) is 0 Å². The molecule has 0 bridgehead atoms. The highest BCUT2D eigenvalue weighted by atomic mass is 127. The molecule has 1 N–H and O–H groups in total. The van der Waals surface area contributed by atoms with Gasteiger partial charge in [-0.25, -0.2) is 9.98 Å². The number of ether oxygens (including phenoxy) is 1. The van der Waals surface area contributed by atoms with E-state index in [0.29, 0.717) is 18.6 Å². The zero-order chi connectivity index (χ0) is 20.1. The van der Waals surface area contributed by atoms with Gasteiger partial charge in [-0.05, 0) is 56.2 Å². The molecular weight excluding hydrogens is 491 g/mol. The number of hydrogen-bond acceptors (Lipinski definition) is 4. The maximum atomic E-state index is 6.04. The maximum absolute atomic E-state index is 6.04. The normalized spacial score (nSPS) is 19.7. The second kappa shape index (κ2) is 11.0. The molecule has 3 heterocycles. The van der Waals surface area contributed by atoms with Crippen LogP contribution >= 0.6 is 24.0 Å². The molecule has 0 spiro atoms. The highest BCUT2D eigenvalue weighted by molar-refractivity contribution is 14.0. The predicted octanol–water partition coefficient (Wildman–Crippen LogP) is 3.71. The number of nitrogens with zero attached hydrogens (tertiary/aromatic N) is 5. The monoisotopic (exact) mass is 524 g/mol. The number of nitrogens with one attached hydrogen (secondary N) is 1. The lowest BCUT2D eigenvalue weighted by atomic mass is 10.0. The largest absolute Gasteiger partial charge is 0.474 e. The molecule has 7 nitrogen and oxygen atoms in total. The Balaban J connectivity index is 0.00000256. The number of hydrogen-bond donors (Lipinski definition) is 1. The van der Waals surface area contributed by atoms with Gasteiger partial charge in [-0.3, -0.25) is 4.68 Å². The number of aromatic nitrogens is 3. The van der Waals surface area contributed by atoms with Crippen LogP contribution in [0.4, 0.5) is 0 Å². The Kier molecular flexibility index (Phi) is 8.35. The molecule has 30 heavy (non-hydrogen) atoms. The van der Waals surface area contributed by atoms with Gasteiger partial charge in [0.2, 0.25) is 5.88 Å². The van der Waals surface area contributed by atoms with Crippen molar-refractivity contribution in [1.29, 1.82) is 0 Å². The van der Waals surface area contributed by atoms with E-state index in [2.05, 4.69) is 33.4 Å². The van der Waals surface area contributed by atoms with Crippen LogP contribution in [0.15, 0.2) is 35.7 Å². The lowest BCUT2D eigenvalue weighted by Gasteiger charge is -2.21. The molecule has 2 fully saturated rings. The fourth-order valence-electron chi connectivity index (χ4n) is 4.26. The topological polar surface area (TPSA) is 67.6 Å². The predicted molar refractivity (Wildman–Crippen MR) is 129 cm³/mol. The van der Waals surface area contributed by atoms with Gasteiger partial charge in [0.1, 0.15) is 6.10 Å². The van der Waals surface area contributed by atoms with Crippen molar-refractivity contribution < 1.29 is 4.74 Å². The summed E-state index contributed by atoms with van der Waals surface area (Å²) in [5.41, 5.74) is 2.44. The van der Waals surface area contributed by atoms with Crippen LogP contribution in [0, 0.1) is 0 Å². The van der Waals surface area contributed by atoms with E-state index in [-0.39, 0.29) is 24.0 Å². The van der Waals surface area contributed by atoms with Gasteiger partial charge in [0.05, 0.1) is 12.7 Å². The zero-order valence-corrected chi connectivity index (χ0v) is 20.3. The lowest BCUT2D eigenvalue weighted by molar-refractivity contribution is 0.201. The molecule has 2 aromatic heterocycles. The second-order valence-corrected chi connectivity index (χ2v) is 8.08. The fourth-order valence-corrected chi connectivity index (χ4v) is 4.26. The zero-order valence-electron chi connectivity index (χ0n) is 18.0. The Morgan fingerprint density at radius 1 is 1.30 bits per heavy atom. The van der Waals surface area contributed by atoms with Crippen molar-refractivity contribution in [1.82, 2.24) is 25.0 Å². The average molecular weight is 524 g/mol. The Bertz CT molecular complexity index is 833. The number of likely N-dealkylation sites (tertiary alicyclic amines) is 1. The summed E-state index contributed by atoms with van der Waals surface area (Å²) >= 11 is 0. The van der Waals surface area contributed by atoms with Gasteiger partial charge in [0.15, 0.2) is 5.96 Å². The van der Waals surface area contributed by atoms with E-state index in [1.807, 2.05) is 36.3 Å². The molecule has 1 saturated carbocycles. The number of aryl methyl sites for hydroxylation is 1. The summed E-state index contributed by atoms with van der Waals surface area (Å²) in [6.45, 7) is 5.59. The van der Waals surface area contributed by atoms with Crippen molar-refractivity contribution in [3.8, 4) is 5.88 Å². The molecule has 2 aromatic rings. The van der Waals surface area contributed by atoms with E-state index < -0.39 is 0 Å². The number of aliphatic imine (C=N–C) groups is 1. The number of halogens is 1. The fraction of sp³-hybridized carbons (Fsp3) is 0.591. The van der Waals surface area contributed by atoms with Crippen LogP contribution in [0.3, 0.4) is 0 Å². The van der Waals surface area contributed by atoms with Crippen LogP contribution in [-0.4, -0.2) is 51.4 Å². The van der Waals surface area contributed by atoms with Crippen LogP contribution in [0.2, 0.25) is 0 Å². The minimum absolute atomic E-state index is 0. The molecule has 2 aliphatic rings. The average Bonchev–Trinajstić information content (AvgIpc) is 3.47. The molecule has 164 valence electrons. The van der Waals surface area contributed by atoms with Crippen molar-refractivity contribution in [3.63, 3.8) is 0 Å². The first-order chi connectivity index (χ1) is 14.2. The molecule has 1 saturated heterocycles. The highest BCUT2D eigenvalue weighted by Crippen LogP contribution is 2.27. The van der Waals surface area contributed by atoms with E-state index in [1.54, 1.807) is 0 Å². The summed E-state index contributed by atoms with van der Waals surface area (Å²) in [6, 6.07) is 4.06. The first-order valence-corrected chi connectivity index (χ1v) is 10.8. The third-order valence-electron chi connectivity index (χ3n) is 5.82. The molecule has 1 aliphatic carbocycles. The van der Waals surface area contributed by atoms with E-state index in [4.69, 9.17) is 9.73 Å². The summed E-state index contributed by atoms with van der Waals surface area (Å²) in [6.07, 6.45) is 12.2. The molecule has 0 amide bonds. The molecule has 4 rings (SSSR count). The summed E-state index contributed by atoms with van der Waals surface area (Å²) in [7, 11) is 1.97. The van der Waals surface area contributed by atoms with Crippen molar-refractivity contribution in [3.05, 3.63) is 41.9 Å². The van der Waals surface area contributed by atoms with E-state index in [0.717, 1.165) is 56.3 Å². The number of guanidine groups is 1. The third-order valence-corrected chi connectivity index (χ3v) is 5.82. The first kappa shape index (κ1) is 22.8. The molecule has 1 atom stereocenters. The van der Waals surface area contributed by atoms with Crippen LogP contribution in [0.1, 0.15) is 56.1 Å². The van der Waals surface area contributed by atoms with Gasteiger partial charge in [-0.15, -0.1) is 24.0 Å². The Morgan fingerprint density at radius 3 is 2.87 bits per heavy atom. The molecule has 1 aliphatic heterocycles. The smallest absolute Gasteiger partial charge is 0.213 e. The Hall–Kier alpha value is -1.84. The minimum atomic E-state index is 0. The Morgan fingerprint density at radius 2 is 2.13 bits per heavy atom. The molecule has 1 unspecified atom stereocenters. The van der Waals surface area contributed by atoms with Crippen LogP contribution < -0.4 is 10.1 Å². The molecular formula is C22H33IN6O. The van der Waals surface area contributed by atoms with E-state index in [1.165, 1.54) is 18.4 Å².